The first-order valence-corrected chi connectivity index (χ1v) is 14.9. The highest BCUT2D eigenvalue weighted by molar-refractivity contribution is 5.93. The molecule has 42 heavy (non-hydrogen) atoms. The molecule has 1 aliphatic rings. The van der Waals surface area contributed by atoms with Crippen molar-refractivity contribution >= 4 is 22.1 Å². The van der Waals surface area contributed by atoms with Gasteiger partial charge >= 0.3 is 0 Å². The van der Waals surface area contributed by atoms with Gasteiger partial charge in [-0.15, -0.1) is 0 Å². The summed E-state index contributed by atoms with van der Waals surface area (Å²) in [6, 6.07) is 26.7. The largest absolute Gasteiger partial charge is 0.324 e. The molecule has 0 amide bonds. The molecule has 7 rings (SSSR count). The maximum absolute atomic E-state index is 13.0. The molecule has 1 saturated heterocycles. The molecule has 0 radical (unpaired) electrons. The highest BCUT2D eigenvalue weighted by Gasteiger charge is 2.17. The summed E-state index contributed by atoms with van der Waals surface area (Å²) in [5.41, 5.74) is 8.10. The summed E-state index contributed by atoms with van der Waals surface area (Å²) in [5.74, 6) is 0.934. The fourth-order valence-electron chi connectivity index (χ4n) is 6.08. The number of benzene rings is 3. The predicted molar refractivity (Wildman–Crippen MR) is 168 cm³/mol. The number of H-pyrrole nitrogens is 1. The zero-order valence-corrected chi connectivity index (χ0v) is 23.7. The SMILES string of the molecule is O=c1[nH]c2cc3nc(-c4ccc(-c5cccnc5)cc4)n(CCCN4CCCCC4)c3cc2nc1Cc1ccccc1. The Morgan fingerprint density at radius 1 is 0.762 bits per heavy atom. The van der Waals surface area contributed by atoms with Crippen LogP contribution in [-0.4, -0.2) is 49.0 Å². The van der Waals surface area contributed by atoms with E-state index in [1.54, 1.807) is 6.20 Å². The molecule has 0 spiro atoms. The normalized spacial score (nSPS) is 14.1. The molecule has 3 aromatic carbocycles. The van der Waals surface area contributed by atoms with Crippen LogP contribution in [0.3, 0.4) is 0 Å². The van der Waals surface area contributed by atoms with E-state index in [0.29, 0.717) is 17.6 Å². The van der Waals surface area contributed by atoms with Gasteiger partial charge in [0.2, 0.25) is 0 Å². The minimum Gasteiger partial charge on any atom is -0.324 e. The Morgan fingerprint density at radius 2 is 1.57 bits per heavy atom. The number of fused-ring (bicyclic) bond motifs is 2. The van der Waals surface area contributed by atoms with E-state index in [2.05, 4.69) is 55.8 Å². The number of hydrogen-bond donors (Lipinski definition) is 1. The number of imidazole rings is 1. The minimum absolute atomic E-state index is 0.155. The van der Waals surface area contributed by atoms with E-state index < -0.39 is 0 Å². The minimum atomic E-state index is -0.155. The average Bonchev–Trinajstić information content (AvgIpc) is 3.39. The molecule has 6 aromatic rings. The number of pyridine rings is 1. The van der Waals surface area contributed by atoms with Crippen LogP contribution < -0.4 is 5.56 Å². The number of hydrogen-bond acceptors (Lipinski definition) is 5. The van der Waals surface area contributed by atoms with Crippen LogP contribution in [0.2, 0.25) is 0 Å². The van der Waals surface area contributed by atoms with Crippen molar-refractivity contribution in [2.75, 3.05) is 19.6 Å². The van der Waals surface area contributed by atoms with Gasteiger partial charge in [-0.05, 0) is 73.8 Å². The molecule has 0 bridgehead atoms. The second kappa shape index (κ2) is 11.7. The first kappa shape index (κ1) is 26.3. The third-order valence-electron chi connectivity index (χ3n) is 8.29. The highest BCUT2D eigenvalue weighted by Crippen LogP contribution is 2.30. The summed E-state index contributed by atoms with van der Waals surface area (Å²) in [4.78, 5) is 32.8. The molecule has 0 atom stereocenters. The number of aromatic nitrogens is 5. The summed E-state index contributed by atoms with van der Waals surface area (Å²) in [6.45, 7) is 4.33. The van der Waals surface area contributed by atoms with Gasteiger partial charge in [0.15, 0.2) is 0 Å². The van der Waals surface area contributed by atoms with Crippen molar-refractivity contribution in [3.63, 3.8) is 0 Å². The number of rotatable bonds is 8. The third kappa shape index (κ3) is 5.48. The maximum Gasteiger partial charge on any atom is 0.270 e. The second-order valence-corrected chi connectivity index (χ2v) is 11.2. The molecule has 7 heteroatoms. The number of aryl methyl sites for hydroxylation is 1. The maximum atomic E-state index is 13.0. The lowest BCUT2D eigenvalue weighted by Gasteiger charge is -2.26. The van der Waals surface area contributed by atoms with Crippen molar-refractivity contribution in [2.45, 2.75) is 38.6 Å². The van der Waals surface area contributed by atoms with Crippen LogP contribution in [0.25, 0.3) is 44.6 Å². The van der Waals surface area contributed by atoms with Gasteiger partial charge in [0, 0.05) is 30.9 Å². The van der Waals surface area contributed by atoms with Crippen molar-refractivity contribution in [3.05, 3.63) is 113 Å². The van der Waals surface area contributed by atoms with Gasteiger partial charge in [0.05, 0.1) is 22.1 Å². The van der Waals surface area contributed by atoms with E-state index in [0.717, 1.165) is 64.1 Å². The molecular formula is C35H34N6O. The molecule has 3 aromatic heterocycles. The summed E-state index contributed by atoms with van der Waals surface area (Å²) < 4.78 is 2.33. The molecule has 0 unspecified atom stereocenters. The van der Waals surface area contributed by atoms with E-state index in [1.807, 2.05) is 48.7 Å². The fourth-order valence-corrected chi connectivity index (χ4v) is 6.08. The van der Waals surface area contributed by atoms with Crippen LogP contribution in [0, 0.1) is 0 Å². The topological polar surface area (TPSA) is 79.7 Å². The summed E-state index contributed by atoms with van der Waals surface area (Å²) >= 11 is 0. The number of aromatic amines is 1. The van der Waals surface area contributed by atoms with Gasteiger partial charge in [0.25, 0.3) is 5.56 Å². The Balaban J connectivity index is 1.27. The van der Waals surface area contributed by atoms with Crippen molar-refractivity contribution in [1.82, 2.24) is 29.4 Å². The van der Waals surface area contributed by atoms with Crippen molar-refractivity contribution in [3.8, 4) is 22.5 Å². The van der Waals surface area contributed by atoms with E-state index >= 15 is 0 Å². The lowest BCUT2D eigenvalue weighted by Crippen LogP contribution is -2.31. The molecule has 0 saturated carbocycles. The van der Waals surface area contributed by atoms with Gasteiger partial charge in [0.1, 0.15) is 11.5 Å². The van der Waals surface area contributed by atoms with Crippen molar-refractivity contribution < 1.29 is 0 Å². The van der Waals surface area contributed by atoms with E-state index in [4.69, 9.17) is 9.97 Å². The van der Waals surface area contributed by atoms with Crippen LogP contribution in [0.4, 0.5) is 0 Å². The number of nitrogens with one attached hydrogen (secondary N) is 1. The number of likely N-dealkylation sites (tertiary alicyclic amines) is 1. The average molecular weight is 555 g/mol. The summed E-state index contributed by atoms with van der Waals surface area (Å²) in [5, 5.41) is 0. The first-order valence-electron chi connectivity index (χ1n) is 14.9. The smallest absolute Gasteiger partial charge is 0.270 e. The number of piperidine rings is 1. The molecule has 1 N–H and O–H groups in total. The lowest BCUT2D eigenvalue weighted by molar-refractivity contribution is 0.223. The molecule has 210 valence electrons. The van der Waals surface area contributed by atoms with Crippen LogP contribution >= 0.6 is 0 Å². The quantitative estimate of drug-likeness (QED) is 0.233. The Labute approximate surface area is 244 Å². The van der Waals surface area contributed by atoms with E-state index in [-0.39, 0.29) is 5.56 Å². The van der Waals surface area contributed by atoms with Crippen LogP contribution in [-0.2, 0) is 13.0 Å². The first-order chi connectivity index (χ1) is 20.7. The Kier molecular flexibility index (Phi) is 7.33. The molecule has 1 aliphatic heterocycles. The monoisotopic (exact) mass is 554 g/mol. The summed E-state index contributed by atoms with van der Waals surface area (Å²) in [6.07, 6.45) is 9.15. The Morgan fingerprint density at radius 3 is 2.36 bits per heavy atom. The zero-order chi connectivity index (χ0) is 28.3. The molecule has 0 aliphatic carbocycles. The van der Waals surface area contributed by atoms with Gasteiger partial charge in [-0.2, -0.15) is 0 Å². The van der Waals surface area contributed by atoms with Gasteiger partial charge in [-0.1, -0.05) is 67.1 Å². The zero-order valence-electron chi connectivity index (χ0n) is 23.7. The predicted octanol–water partition coefficient (Wildman–Crippen LogP) is 6.47. The van der Waals surface area contributed by atoms with Gasteiger partial charge in [-0.3, -0.25) is 9.78 Å². The van der Waals surface area contributed by atoms with Crippen molar-refractivity contribution in [2.24, 2.45) is 0 Å². The molecular weight excluding hydrogens is 520 g/mol. The van der Waals surface area contributed by atoms with Crippen molar-refractivity contribution in [1.29, 1.82) is 0 Å². The third-order valence-corrected chi connectivity index (χ3v) is 8.29. The highest BCUT2D eigenvalue weighted by atomic mass is 16.1. The van der Waals surface area contributed by atoms with Crippen LogP contribution in [0.5, 0.6) is 0 Å². The fraction of sp³-hybridized carbons (Fsp3) is 0.257. The Hall–Kier alpha value is -4.62. The van der Waals surface area contributed by atoms with Crippen LogP contribution in [0.1, 0.15) is 36.9 Å². The molecule has 7 nitrogen and oxygen atoms in total. The number of nitrogens with zero attached hydrogens (tertiary/aromatic N) is 5. The Bertz CT molecular complexity index is 1870. The molecule has 1 fully saturated rings. The summed E-state index contributed by atoms with van der Waals surface area (Å²) in [7, 11) is 0. The van der Waals surface area contributed by atoms with E-state index in [1.165, 1.54) is 32.4 Å². The standard InChI is InChI=1S/C35H34N6O/c42-35-32(21-25-9-3-1-4-10-25)37-30-23-33-31(22-29(30)39-35)38-34(41(33)20-8-19-40-17-5-2-6-18-40)27-14-12-26(13-15-27)28-11-7-16-36-24-28/h1,3-4,7,9-16,22-24H,2,5-6,8,17-21H2,(H,39,42). The van der Waals surface area contributed by atoms with E-state index in [9.17, 15) is 4.79 Å². The second-order valence-electron chi connectivity index (χ2n) is 11.2. The molecule has 4 heterocycles. The lowest BCUT2D eigenvalue weighted by atomic mass is 10.1. The van der Waals surface area contributed by atoms with Crippen LogP contribution in [0.15, 0.2) is 96.1 Å². The van der Waals surface area contributed by atoms with Gasteiger partial charge in [-0.25, -0.2) is 9.97 Å². The van der Waals surface area contributed by atoms with Gasteiger partial charge < -0.3 is 14.5 Å².